The molecule has 1 fully saturated rings. The summed E-state index contributed by atoms with van der Waals surface area (Å²) in [5.41, 5.74) is 2.95. The zero-order valence-corrected chi connectivity index (χ0v) is 16.5. The monoisotopic (exact) mass is 386 g/mol. The van der Waals surface area contributed by atoms with Crippen molar-refractivity contribution in [2.24, 2.45) is 5.92 Å². The van der Waals surface area contributed by atoms with Crippen LogP contribution in [0.1, 0.15) is 38.9 Å². The number of carbonyl (C=O) groups excluding carboxylic acids is 1. The molecule has 1 aromatic heterocycles. The van der Waals surface area contributed by atoms with Crippen molar-refractivity contribution in [3.8, 4) is 0 Å². The number of nitrogens with one attached hydrogen (secondary N) is 2. The number of aryl methyl sites for hydroxylation is 2. The lowest BCUT2D eigenvalue weighted by Crippen LogP contribution is -2.30. The second-order valence-electron chi connectivity index (χ2n) is 6.28. The van der Waals surface area contributed by atoms with Crippen LogP contribution < -0.4 is 10.6 Å². The van der Waals surface area contributed by atoms with E-state index in [-0.39, 0.29) is 30.7 Å². The highest BCUT2D eigenvalue weighted by Crippen LogP contribution is 2.22. The number of benzene rings is 1. The Hall–Kier alpha value is -1.30. The minimum absolute atomic E-state index is 0. The largest absolute Gasteiger partial charge is 0.328 e. The summed E-state index contributed by atoms with van der Waals surface area (Å²) in [6.45, 7) is 7.22. The number of hydrogen-bond donors (Lipinski definition) is 2. The van der Waals surface area contributed by atoms with Crippen LogP contribution >= 0.6 is 24.8 Å². The van der Waals surface area contributed by atoms with Crippen molar-refractivity contribution in [2.75, 3.05) is 18.4 Å². The number of rotatable bonds is 5. The first-order valence-electron chi connectivity index (χ1n) is 8.71. The second kappa shape index (κ2) is 10.00. The summed E-state index contributed by atoms with van der Waals surface area (Å²) in [5.74, 6) is 1.72. The van der Waals surface area contributed by atoms with Gasteiger partial charge in [-0.3, -0.25) is 4.79 Å². The van der Waals surface area contributed by atoms with Gasteiger partial charge in [-0.15, -0.1) is 24.8 Å². The number of carbonyl (C=O) groups is 1. The van der Waals surface area contributed by atoms with Gasteiger partial charge in [0.05, 0.1) is 11.0 Å². The second-order valence-corrected chi connectivity index (χ2v) is 6.28. The maximum Gasteiger partial charge on any atom is 0.224 e. The van der Waals surface area contributed by atoms with Crippen LogP contribution in [0.25, 0.3) is 11.0 Å². The maximum absolute atomic E-state index is 12.2. The number of aromatic nitrogens is 2. The molecule has 1 aliphatic heterocycles. The summed E-state index contributed by atoms with van der Waals surface area (Å²) in [6, 6.07) is 6.03. The predicted octanol–water partition coefficient (Wildman–Crippen LogP) is 3.79. The molecule has 2 aromatic rings. The molecule has 0 bridgehead atoms. The van der Waals surface area contributed by atoms with Gasteiger partial charge in [0.1, 0.15) is 5.82 Å². The highest BCUT2D eigenvalue weighted by atomic mass is 35.5. The molecule has 1 saturated heterocycles. The van der Waals surface area contributed by atoms with Crippen LogP contribution in [0.2, 0.25) is 0 Å². The average molecular weight is 387 g/mol. The fourth-order valence-electron chi connectivity index (χ4n) is 3.44. The predicted molar refractivity (Wildman–Crippen MR) is 108 cm³/mol. The molecule has 0 atom stereocenters. The molecule has 140 valence electrons. The standard InChI is InChI=1S/C18H26N4O.2ClH/c1-3-17-21-15-12-14(5-6-16(15)22(17)4-2)20-18(23)11-13-7-9-19-10-8-13;;/h5-6,12-13,19H,3-4,7-11H2,1-2H3,(H,20,23);2*1H. The van der Waals surface area contributed by atoms with Crippen LogP contribution in [0, 0.1) is 5.92 Å². The van der Waals surface area contributed by atoms with Crippen LogP contribution in [-0.2, 0) is 17.8 Å². The fraction of sp³-hybridized carbons (Fsp3) is 0.556. The van der Waals surface area contributed by atoms with Gasteiger partial charge in [0.25, 0.3) is 0 Å². The minimum atomic E-state index is 0. The van der Waals surface area contributed by atoms with E-state index in [1.807, 2.05) is 12.1 Å². The Morgan fingerprint density at radius 3 is 2.64 bits per heavy atom. The number of piperidine rings is 1. The Morgan fingerprint density at radius 1 is 1.28 bits per heavy atom. The lowest BCUT2D eigenvalue weighted by Gasteiger charge is -2.21. The average Bonchev–Trinajstić information content (AvgIpc) is 2.92. The van der Waals surface area contributed by atoms with E-state index in [0.29, 0.717) is 12.3 Å². The van der Waals surface area contributed by atoms with Gasteiger partial charge in [0, 0.05) is 25.1 Å². The van der Waals surface area contributed by atoms with Gasteiger partial charge in [-0.05, 0) is 57.0 Å². The Balaban J connectivity index is 0.00000156. The molecule has 25 heavy (non-hydrogen) atoms. The number of nitrogens with zero attached hydrogens (tertiary/aromatic N) is 2. The van der Waals surface area contributed by atoms with E-state index in [1.54, 1.807) is 0 Å². The summed E-state index contributed by atoms with van der Waals surface area (Å²) in [7, 11) is 0. The van der Waals surface area contributed by atoms with Crippen LogP contribution in [0.15, 0.2) is 18.2 Å². The molecule has 0 unspecified atom stereocenters. The zero-order valence-electron chi connectivity index (χ0n) is 14.9. The summed E-state index contributed by atoms with van der Waals surface area (Å²) < 4.78 is 2.23. The Kier molecular flexibility index (Phi) is 8.69. The third-order valence-corrected chi connectivity index (χ3v) is 4.68. The third kappa shape index (κ3) is 5.09. The van der Waals surface area contributed by atoms with Gasteiger partial charge in [0.15, 0.2) is 0 Å². The lowest BCUT2D eigenvalue weighted by atomic mass is 9.94. The molecule has 1 aliphatic rings. The molecule has 0 spiro atoms. The van der Waals surface area contributed by atoms with Gasteiger partial charge in [0.2, 0.25) is 5.91 Å². The molecule has 2 N–H and O–H groups in total. The van der Waals surface area contributed by atoms with Crippen molar-refractivity contribution in [1.82, 2.24) is 14.9 Å². The molecule has 0 saturated carbocycles. The van der Waals surface area contributed by atoms with E-state index >= 15 is 0 Å². The van der Waals surface area contributed by atoms with E-state index in [0.717, 1.165) is 61.4 Å². The topological polar surface area (TPSA) is 59.0 Å². The van der Waals surface area contributed by atoms with Crippen molar-refractivity contribution in [2.45, 2.75) is 46.1 Å². The Bertz CT molecular complexity index is 696. The molecule has 0 radical (unpaired) electrons. The van der Waals surface area contributed by atoms with Crippen LogP contribution in [-0.4, -0.2) is 28.5 Å². The molecule has 2 heterocycles. The van der Waals surface area contributed by atoms with Gasteiger partial charge in [-0.25, -0.2) is 4.98 Å². The first-order valence-corrected chi connectivity index (χ1v) is 8.71. The summed E-state index contributed by atoms with van der Waals surface area (Å²) >= 11 is 0. The van der Waals surface area contributed by atoms with E-state index in [1.165, 1.54) is 0 Å². The van der Waals surface area contributed by atoms with Gasteiger partial charge in [-0.1, -0.05) is 6.92 Å². The number of fused-ring (bicyclic) bond motifs is 1. The fourth-order valence-corrected chi connectivity index (χ4v) is 3.44. The first-order chi connectivity index (χ1) is 11.2. The third-order valence-electron chi connectivity index (χ3n) is 4.68. The summed E-state index contributed by atoms with van der Waals surface area (Å²) in [6.07, 6.45) is 3.71. The van der Waals surface area contributed by atoms with Crippen molar-refractivity contribution >= 4 is 47.4 Å². The van der Waals surface area contributed by atoms with E-state index < -0.39 is 0 Å². The normalized spacial score (nSPS) is 14.6. The zero-order chi connectivity index (χ0) is 16.2. The van der Waals surface area contributed by atoms with Gasteiger partial charge in [-0.2, -0.15) is 0 Å². The SMILES string of the molecule is CCc1nc2cc(NC(=O)CC3CCNCC3)ccc2n1CC.Cl.Cl. The molecule has 0 aliphatic carbocycles. The number of imidazole rings is 1. The highest BCUT2D eigenvalue weighted by Gasteiger charge is 2.17. The Morgan fingerprint density at radius 2 is 2.00 bits per heavy atom. The molecular formula is C18H28Cl2N4O. The van der Waals surface area contributed by atoms with Gasteiger partial charge >= 0.3 is 0 Å². The first kappa shape index (κ1) is 21.7. The maximum atomic E-state index is 12.2. The smallest absolute Gasteiger partial charge is 0.224 e. The Labute approximate surface area is 161 Å². The summed E-state index contributed by atoms with van der Waals surface area (Å²) in [4.78, 5) is 16.9. The van der Waals surface area contributed by atoms with Crippen LogP contribution in [0.3, 0.4) is 0 Å². The molecule has 7 heteroatoms. The molecular weight excluding hydrogens is 359 g/mol. The number of halogens is 2. The number of amides is 1. The van der Waals surface area contributed by atoms with Crippen molar-refractivity contribution in [1.29, 1.82) is 0 Å². The molecule has 1 amide bonds. The minimum Gasteiger partial charge on any atom is -0.328 e. The molecule has 3 rings (SSSR count). The van der Waals surface area contributed by atoms with Gasteiger partial charge < -0.3 is 15.2 Å². The van der Waals surface area contributed by atoms with Crippen molar-refractivity contribution < 1.29 is 4.79 Å². The van der Waals surface area contributed by atoms with Crippen molar-refractivity contribution in [3.63, 3.8) is 0 Å². The summed E-state index contributed by atoms with van der Waals surface area (Å²) in [5, 5.41) is 6.37. The van der Waals surface area contributed by atoms with E-state index in [4.69, 9.17) is 0 Å². The lowest BCUT2D eigenvalue weighted by molar-refractivity contribution is -0.117. The molecule has 1 aromatic carbocycles. The number of hydrogen-bond acceptors (Lipinski definition) is 3. The van der Waals surface area contributed by atoms with Crippen LogP contribution in [0.4, 0.5) is 5.69 Å². The van der Waals surface area contributed by atoms with Crippen molar-refractivity contribution in [3.05, 3.63) is 24.0 Å². The van der Waals surface area contributed by atoms with E-state index in [2.05, 4.69) is 40.1 Å². The quantitative estimate of drug-likeness (QED) is 0.821. The highest BCUT2D eigenvalue weighted by molar-refractivity contribution is 5.93. The van der Waals surface area contributed by atoms with Crippen LogP contribution in [0.5, 0.6) is 0 Å². The number of anilines is 1. The van der Waals surface area contributed by atoms with E-state index in [9.17, 15) is 4.79 Å². The molecule has 5 nitrogen and oxygen atoms in total.